The molecule has 0 aromatic heterocycles. The fraction of sp³-hybridized carbons (Fsp3) is 0.350. The van der Waals surface area contributed by atoms with Crippen molar-refractivity contribution >= 4 is 17.7 Å². The minimum Gasteiger partial charge on any atom is -0.489 e. The number of thiocarbonyl (C=S) groups is 1. The molecule has 132 valence electrons. The zero-order chi connectivity index (χ0) is 18.0. The molecule has 0 atom stereocenters. The number of rotatable bonds is 6. The maximum atomic E-state index is 5.68. The molecule has 4 heteroatoms. The molecule has 1 aromatic carbocycles. The second-order valence-electron chi connectivity index (χ2n) is 5.07. The first-order valence-electron chi connectivity index (χ1n) is 8.16. The monoisotopic (exact) mass is 346 g/mol. The van der Waals surface area contributed by atoms with Gasteiger partial charge in [-0.05, 0) is 50.3 Å². The van der Waals surface area contributed by atoms with E-state index in [1.165, 1.54) is 36.7 Å². The molecule has 0 saturated carbocycles. The first kappa shape index (κ1) is 21.9. The molecule has 0 amide bonds. The number of ether oxygens (including phenoxy) is 1. The van der Waals surface area contributed by atoms with Crippen LogP contribution in [0, 0.1) is 0 Å². The SMILES string of the molecule is C1=C(COc2ccccc2)CCCC1.C=C.CN/C(C)=C\NC=S. The quantitative estimate of drug-likeness (QED) is 0.562. The van der Waals surface area contributed by atoms with E-state index < -0.39 is 0 Å². The van der Waals surface area contributed by atoms with Crippen LogP contribution < -0.4 is 15.4 Å². The lowest BCUT2D eigenvalue weighted by Gasteiger charge is -2.13. The zero-order valence-electron chi connectivity index (χ0n) is 14.9. The van der Waals surface area contributed by atoms with Crippen molar-refractivity contribution in [1.29, 1.82) is 0 Å². The van der Waals surface area contributed by atoms with E-state index in [1.54, 1.807) is 6.20 Å². The lowest BCUT2D eigenvalue weighted by atomic mass is 10.0. The van der Waals surface area contributed by atoms with Gasteiger partial charge in [-0.15, -0.1) is 13.2 Å². The molecule has 0 bridgehead atoms. The number of hydrogen-bond acceptors (Lipinski definition) is 3. The Morgan fingerprint density at radius 1 is 1.25 bits per heavy atom. The minimum absolute atomic E-state index is 0.768. The largest absolute Gasteiger partial charge is 0.489 e. The molecule has 24 heavy (non-hydrogen) atoms. The predicted molar refractivity (Wildman–Crippen MR) is 109 cm³/mol. The number of allylic oxidation sites excluding steroid dienone is 2. The van der Waals surface area contributed by atoms with Crippen molar-refractivity contribution in [2.75, 3.05) is 13.7 Å². The molecule has 3 nitrogen and oxygen atoms in total. The molecule has 0 saturated heterocycles. The summed E-state index contributed by atoms with van der Waals surface area (Å²) in [4.78, 5) is 0. The summed E-state index contributed by atoms with van der Waals surface area (Å²) in [5.41, 5.74) is 3.98. The zero-order valence-corrected chi connectivity index (χ0v) is 15.7. The Labute approximate surface area is 152 Å². The number of hydrogen-bond donors (Lipinski definition) is 2. The van der Waals surface area contributed by atoms with Crippen LogP contribution in [0.4, 0.5) is 0 Å². The average molecular weight is 347 g/mol. The first-order valence-corrected chi connectivity index (χ1v) is 8.63. The van der Waals surface area contributed by atoms with Crippen LogP contribution in [0.2, 0.25) is 0 Å². The summed E-state index contributed by atoms with van der Waals surface area (Å²) in [7, 11) is 1.86. The molecule has 2 N–H and O–H groups in total. The third kappa shape index (κ3) is 11.5. The van der Waals surface area contributed by atoms with Crippen LogP contribution in [0.25, 0.3) is 0 Å². The van der Waals surface area contributed by atoms with Crippen LogP contribution in [0.15, 0.2) is 67.0 Å². The van der Waals surface area contributed by atoms with Gasteiger partial charge in [0.25, 0.3) is 0 Å². The standard InChI is InChI=1S/C13H16O.C5H10N2S.C2H4/c1-3-7-12(8-4-1)11-14-13-9-5-2-6-10-13;1-5(6-2)3-7-4-8;1-2/h2,5-7,9-10H,1,3-4,8,11H2;3-4,6H,1-2H3,(H,7,8);1-2H2/b;5-3-;. The van der Waals surface area contributed by atoms with Crippen LogP contribution in [0.3, 0.4) is 0 Å². The van der Waals surface area contributed by atoms with E-state index in [9.17, 15) is 0 Å². The second kappa shape index (κ2) is 15.8. The van der Waals surface area contributed by atoms with Crippen LogP contribution in [0.5, 0.6) is 5.75 Å². The average Bonchev–Trinajstić information content (AvgIpc) is 2.68. The molecule has 0 fully saturated rings. The third-order valence-corrected chi connectivity index (χ3v) is 3.45. The summed E-state index contributed by atoms with van der Waals surface area (Å²) in [6.45, 7) is 8.72. The highest BCUT2D eigenvalue weighted by atomic mass is 32.1. The van der Waals surface area contributed by atoms with Gasteiger partial charge in [-0.1, -0.05) is 36.5 Å². The van der Waals surface area contributed by atoms with Gasteiger partial charge < -0.3 is 15.4 Å². The molecular formula is C20H30N2OS. The Kier molecular flexibility index (Phi) is 14.4. The number of benzene rings is 1. The lowest BCUT2D eigenvalue weighted by Crippen LogP contribution is -2.07. The summed E-state index contributed by atoms with van der Waals surface area (Å²) in [6.07, 6.45) is 9.23. The molecule has 1 aliphatic rings. The van der Waals surface area contributed by atoms with Crippen molar-refractivity contribution < 1.29 is 4.74 Å². The summed E-state index contributed by atoms with van der Waals surface area (Å²) >= 11 is 4.51. The topological polar surface area (TPSA) is 33.3 Å². The van der Waals surface area contributed by atoms with Gasteiger partial charge in [-0.25, -0.2) is 0 Å². The highest BCUT2D eigenvalue weighted by Crippen LogP contribution is 2.18. The maximum absolute atomic E-state index is 5.68. The minimum atomic E-state index is 0.768. The summed E-state index contributed by atoms with van der Waals surface area (Å²) in [6, 6.07) is 10.0. The van der Waals surface area contributed by atoms with Crippen molar-refractivity contribution in [1.82, 2.24) is 10.6 Å². The van der Waals surface area contributed by atoms with E-state index >= 15 is 0 Å². The molecular weight excluding hydrogens is 316 g/mol. The predicted octanol–water partition coefficient (Wildman–Crippen LogP) is 4.98. The van der Waals surface area contributed by atoms with Gasteiger partial charge in [0.05, 0.1) is 5.49 Å². The van der Waals surface area contributed by atoms with Crippen LogP contribution in [-0.4, -0.2) is 19.1 Å². The molecule has 0 unspecified atom stereocenters. The molecule has 1 aromatic rings. The Morgan fingerprint density at radius 2 is 1.96 bits per heavy atom. The van der Waals surface area contributed by atoms with E-state index in [4.69, 9.17) is 4.74 Å². The smallest absolute Gasteiger partial charge is 0.119 e. The Morgan fingerprint density at radius 3 is 2.50 bits per heavy atom. The second-order valence-corrected chi connectivity index (χ2v) is 5.31. The lowest BCUT2D eigenvalue weighted by molar-refractivity contribution is 0.343. The van der Waals surface area contributed by atoms with Gasteiger partial charge in [0.1, 0.15) is 12.4 Å². The van der Waals surface area contributed by atoms with Gasteiger partial charge in [0.15, 0.2) is 0 Å². The highest BCUT2D eigenvalue weighted by molar-refractivity contribution is 7.78. The van der Waals surface area contributed by atoms with E-state index in [-0.39, 0.29) is 0 Å². The molecule has 0 aliphatic heterocycles. The Bertz CT molecular complexity index is 498. The van der Waals surface area contributed by atoms with Gasteiger partial charge in [0.2, 0.25) is 0 Å². The van der Waals surface area contributed by atoms with Crippen LogP contribution in [-0.2, 0) is 0 Å². The fourth-order valence-electron chi connectivity index (χ4n) is 1.96. The van der Waals surface area contributed by atoms with Crippen molar-refractivity contribution in [3.63, 3.8) is 0 Å². The van der Waals surface area contributed by atoms with Gasteiger partial charge in [0, 0.05) is 18.9 Å². The Balaban J connectivity index is 0.000000456. The van der Waals surface area contributed by atoms with Gasteiger partial charge in [-0.3, -0.25) is 0 Å². The summed E-state index contributed by atoms with van der Waals surface area (Å²) < 4.78 is 5.68. The molecule has 2 rings (SSSR count). The van der Waals surface area contributed by atoms with Crippen molar-refractivity contribution in [3.8, 4) is 5.75 Å². The van der Waals surface area contributed by atoms with Crippen molar-refractivity contribution in [2.45, 2.75) is 32.6 Å². The number of nitrogens with one attached hydrogen (secondary N) is 2. The Hall–Kier alpha value is -2.07. The van der Waals surface area contributed by atoms with Gasteiger partial charge in [-0.2, -0.15) is 0 Å². The molecule has 0 heterocycles. The van der Waals surface area contributed by atoms with E-state index in [1.807, 2.05) is 44.3 Å². The van der Waals surface area contributed by atoms with Crippen LogP contribution >= 0.6 is 12.2 Å². The highest BCUT2D eigenvalue weighted by Gasteiger charge is 2.03. The number of para-hydroxylation sites is 1. The van der Waals surface area contributed by atoms with Gasteiger partial charge >= 0.3 is 0 Å². The maximum Gasteiger partial charge on any atom is 0.119 e. The molecule has 1 aliphatic carbocycles. The van der Waals surface area contributed by atoms with Crippen molar-refractivity contribution in [2.24, 2.45) is 0 Å². The van der Waals surface area contributed by atoms with E-state index in [0.29, 0.717) is 0 Å². The third-order valence-electron chi connectivity index (χ3n) is 3.31. The molecule has 0 radical (unpaired) electrons. The summed E-state index contributed by atoms with van der Waals surface area (Å²) in [5, 5.41) is 5.70. The van der Waals surface area contributed by atoms with Crippen LogP contribution in [0.1, 0.15) is 32.6 Å². The van der Waals surface area contributed by atoms with E-state index in [2.05, 4.69) is 42.1 Å². The fourth-order valence-corrected chi connectivity index (χ4v) is 2.03. The normalized spacial score (nSPS) is 13.1. The summed E-state index contributed by atoms with van der Waals surface area (Å²) in [5.74, 6) is 0.971. The van der Waals surface area contributed by atoms with E-state index in [0.717, 1.165) is 18.1 Å². The molecule has 0 spiro atoms. The first-order chi connectivity index (χ1) is 11.8. The van der Waals surface area contributed by atoms with Crippen molar-refractivity contribution in [3.05, 3.63) is 67.0 Å².